The zero-order valence-corrected chi connectivity index (χ0v) is 15.1. The number of hydrogen-bond donors (Lipinski definition) is 0. The number of likely N-dealkylation sites (tertiary alicyclic amines) is 1. The van der Waals surface area contributed by atoms with Crippen molar-refractivity contribution in [2.45, 2.75) is 57.7 Å². The Bertz CT molecular complexity index is 916. The molecule has 26 heavy (non-hydrogen) atoms. The molecule has 1 aromatic carbocycles. The molecule has 0 unspecified atom stereocenters. The van der Waals surface area contributed by atoms with Gasteiger partial charge in [0.1, 0.15) is 11.6 Å². The largest absolute Gasteiger partial charge is 0.314 e. The summed E-state index contributed by atoms with van der Waals surface area (Å²) >= 11 is 0. The lowest BCUT2D eigenvalue weighted by Gasteiger charge is -2.35. The molecule has 5 rings (SSSR count). The number of para-hydroxylation sites is 1. The minimum Gasteiger partial charge on any atom is -0.314 e. The van der Waals surface area contributed by atoms with E-state index < -0.39 is 0 Å². The number of aryl methyl sites for hydroxylation is 1. The molecule has 0 radical (unpaired) electrons. The van der Waals surface area contributed by atoms with Crippen LogP contribution in [0.4, 0.5) is 0 Å². The monoisotopic (exact) mass is 347 g/mol. The number of rotatable bonds is 3. The van der Waals surface area contributed by atoms with E-state index in [1.54, 1.807) is 0 Å². The van der Waals surface area contributed by atoms with Crippen LogP contribution in [0.3, 0.4) is 0 Å². The molecule has 0 amide bonds. The highest BCUT2D eigenvalue weighted by Gasteiger charge is 2.30. The molecular weight excluding hydrogens is 322 g/mol. The lowest BCUT2D eigenvalue weighted by Crippen LogP contribution is -2.35. The molecule has 134 valence electrons. The van der Waals surface area contributed by atoms with Crippen LogP contribution in [0.1, 0.15) is 55.5 Å². The lowest BCUT2D eigenvalue weighted by atomic mass is 10.0. The molecule has 0 spiro atoms. The van der Waals surface area contributed by atoms with Gasteiger partial charge in [-0.1, -0.05) is 30.7 Å². The van der Waals surface area contributed by atoms with Gasteiger partial charge in [0.2, 0.25) is 0 Å². The first-order valence-corrected chi connectivity index (χ1v) is 9.89. The van der Waals surface area contributed by atoms with Crippen LogP contribution in [-0.4, -0.2) is 31.2 Å². The molecule has 3 aromatic rings. The van der Waals surface area contributed by atoms with Crippen LogP contribution in [0.2, 0.25) is 0 Å². The maximum atomic E-state index is 4.89. The normalized spacial score (nSPS) is 21.0. The van der Waals surface area contributed by atoms with Gasteiger partial charge in [0, 0.05) is 24.9 Å². The molecule has 1 fully saturated rings. The van der Waals surface area contributed by atoms with Crippen molar-refractivity contribution in [1.29, 1.82) is 0 Å². The fourth-order valence-corrected chi connectivity index (χ4v) is 4.45. The van der Waals surface area contributed by atoms with Gasteiger partial charge in [0.25, 0.3) is 0 Å². The van der Waals surface area contributed by atoms with Crippen molar-refractivity contribution in [3.63, 3.8) is 0 Å². The van der Waals surface area contributed by atoms with Crippen molar-refractivity contribution in [3.05, 3.63) is 53.7 Å². The average molecular weight is 347 g/mol. The Morgan fingerprint density at radius 1 is 0.923 bits per heavy atom. The third-order valence-electron chi connectivity index (χ3n) is 5.82. The topological polar surface area (TPSA) is 46.8 Å². The van der Waals surface area contributed by atoms with E-state index in [1.165, 1.54) is 49.1 Å². The summed E-state index contributed by atoms with van der Waals surface area (Å²) in [6.45, 7) is 3.08. The number of pyridine rings is 1. The van der Waals surface area contributed by atoms with Crippen molar-refractivity contribution in [2.24, 2.45) is 0 Å². The highest BCUT2D eigenvalue weighted by atomic mass is 15.3. The molecule has 1 saturated heterocycles. The van der Waals surface area contributed by atoms with Crippen LogP contribution >= 0.6 is 0 Å². The second-order valence-electron chi connectivity index (χ2n) is 7.56. The molecule has 0 saturated carbocycles. The van der Waals surface area contributed by atoms with Gasteiger partial charge in [0.15, 0.2) is 0 Å². The summed E-state index contributed by atoms with van der Waals surface area (Å²) in [7, 11) is 0. The predicted molar refractivity (Wildman–Crippen MR) is 102 cm³/mol. The number of hydrogen-bond acceptors (Lipinski definition) is 4. The third kappa shape index (κ3) is 2.90. The SMILES string of the molecule is c1ccc2nc(CN3CCCC[C@H]3c3nnc4n3CCCC4)ccc2c1. The fraction of sp³-hybridized carbons (Fsp3) is 0.476. The summed E-state index contributed by atoms with van der Waals surface area (Å²) in [4.78, 5) is 7.45. The van der Waals surface area contributed by atoms with Crippen molar-refractivity contribution in [1.82, 2.24) is 24.6 Å². The molecule has 5 heteroatoms. The van der Waals surface area contributed by atoms with Crippen LogP contribution in [0.15, 0.2) is 36.4 Å². The minimum atomic E-state index is 0.372. The Kier molecular flexibility index (Phi) is 4.17. The van der Waals surface area contributed by atoms with Gasteiger partial charge in [-0.2, -0.15) is 0 Å². The summed E-state index contributed by atoms with van der Waals surface area (Å²) < 4.78 is 2.39. The molecule has 4 heterocycles. The van der Waals surface area contributed by atoms with Gasteiger partial charge in [-0.25, -0.2) is 0 Å². The summed E-state index contributed by atoms with van der Waals surface area (Å²) in [5, 5.41) is 10.3. The second-order valence-corrected chi connectivity index (χ2v) is 7.56. The van der Waals surface area contributed by atoms with Crippen molar-refractivity contribution < 1.29 is 0 Å². The lowest BCUT2D eigenvalue weighted by molar-refractivity contribution is 0.128. The van der Waals surface area contributed by atoms with Crippen LogP contribution in [-0.2, 0) is 19.5 Å². The van der Waals surface area contributed by atoms with Crippen molar-refractivity contribution >= 4 is 10.9 Å². The Balaban J connectivity index is 1.43. The highest BCUT2D eigenvalue weighted by Crippen LogP contribution is 2.32. The maximum absolute atomic E-state index is 4.89. The standard InChI is InChI=1S/C21H25N5/c1-2-8-18-16(7-1)11-12-17(22-18)15-25-13-5-3-9-19(25)21-24-23-20-10-4-6-14-26(20)21/h1-2,7-8,11-12,19H,3-6,9-10,13-15H2/t19-/m0/s1. The third-order valence-corrected chi connectivity index (χ3v) is 5.82. The molecule has 1 atom stereocenters. The minimum absolute atomic E-state index is 0.372. The summed E-state index contributed by atoms with van der Waals surface area (Å²) in [5.74, 6) is 2.36. The van der Waals surface area contributed by atoms with Gasteiger partial charge >= 0.3 is 0 Å². The first-order valence-electron chi connectivity index (χ1n) is 9.89. The van der Waals surface area contributed by atoms with Crippen LogP contribution in [0, 0.1) is 0 Å². The van der Waals surface area contributed by atoms with Crippen LogP contribution in [0.5, 0.6) is 0 Å². The number of aromatic nitrogens is 4. The summed E-state index contributed by atoms with van der Waals surface area (Å²) in [6, 6.07) is 13.1. The van der Waals surface area contributed by atoms with E-state index in [4.69, 9.17) is 4.98 Å². The van der Waals surface area contributed by atoms with E-state index in [2.05, 4.69) is 56.1 Å². The molecule has 2 aliphatic rings. The van der Waals surface area contributed by atoms with Gasteiger partial charge in [-0.15, -0.1) is 10.2 Å². The molecule has 5 nitrogen and oxygen atoms in total. The van der Waals surface area contributed by atoms with Crippen molar-refractivity contribution in [3.8, 4) is 0 Å². The predicted octanol–water partition coefficient (Wildman–Crippen LogP) is 3.89. The van der Waals surface area contributed by atoms with E-state index in [0.29, 0.717) is 6.04 Å². The first kappa shape index (κ1) is 15.9. The van der Waals surface area contributed by atoms with Gasteiger partial charge in [-0.3, -0.25) is 9.88 Å². The van der Waals surface area contributed by atoms with E-state index in [9.17, 15) is 0 Å². The molecule has 2 aromatic heterocycles. The van der Waals surface area contributed by atoms with Gasteiger partial charge in [0.05, 0.1) is 17.3 Å². The van der Waals surface area contributed by atoms with E-state index in [-0.39, 0.29) is 0 Å². The Labute approximate surface area is 154 Å². The smallest absolute Gasteiger partial charge is 0.150 e. The first-order chi connectivity index (χ1) is 12.9. The number of fused-ring (bicyclic) bond motifs is 2. The molecule has 0 aliphatic carbocycles. The van der Waals surface area contributed by atoms with Crippen LogP contribution in [0.25, 0.3) is 10.9 Å². The molecular formula is C21H25N5. The second kappa shape index (κ2) is 6.80. The maximum Gasteiger partial charge on any atom is 0.150 e. The zero-order chi connectivity index (χ0) is 17.3. The van der Waals surface area contributed by atoms with E-state index in [0.717, 1.165) is 37.3 Å². The zero-order valence-electron chi connectivity index (χ0n) is 15.1. The fourth-order valence-electron chi connectivity index (χ4n) is 4.45. The Hall–Kier alpha value is -2.27. The molecule has 0 bridgehead atoms. The highest BCUT2D eigenvalue weighted by molar-refractivity contribution is 5.78. The van der Waals surface area contributed by atoms with E-state index >= 15 is 0 Å². The number of nitrogens with zero attached hydrogens (tertiary/aromatic N) is 5. The number of piperidine rings is 1. The average Bonchev–Trinajstić information content (AvgIpc) is 3.12. The quantitative estimate of drug-likeness (QED) is 0.721. The van der Waals surface area contributed by atoms with Gasteiger partial charge < -0.3 is 4.57 Å². The summed E-state index contributed by atoms with van der Waals surface area (Å²) in [6.07, 6.45) is 7.27. The molecule has 2 aliphatic heterocycles. The van der Waals surface area contributed by atoms with E-state index in [1.807, 2.05) is 0 Å². The van der Waals surface area contributed by atoms with Gasteiger partial charge in [-0.05, 0) is 44.4 Å². The van der Waals surface area contributed by atoms with Crippen molar-refractivity contribution in [2.75, 3.05) is 6.54 Å². The molecule has 0 N–H and O–H groups in total. The van der Waals surface area contributed by atoms with Crippen LogP contribution < -0.4 is 0 Å². The number of benzene rings is 1. The Morgan fingerprint density at radius 2 is 1.85 bits per heavy atom. The Morgan fingerprint density at radius 3 is 2.85 bits per heavy atom. The summed E-state index contributed by atoms with van der Waals surface area (Å²) in [5.41, 5.74) is 2.23.